The van der Waals surface area contributed by atoms with E-state index in [1.807, 2.05) is 36.4 Å². The van der Waals surface area contributed by atoms with Crippen LogP contribution in [0, 0.1) is 0 Å². The molecule has 1 amide bonds. The van der Waals surface area contributed by atoms with Crippen molar-refractivity contribution in [1.29, 1.82) is 0 Å². The predicted molar refractivity (Wildman–Crippen MR) is 88.7 cm³/mol. The number of rotatable bonds is 2. The maximum atomic E-state index is 11.9. The van der Waals surface area contributed by atoms with Crippen molar-refractivity contribution < 1.29 is 9.90 Å². The molecule has 0 saturated carbocycles. The van der Waals surface area contributed by atoms with Crippen molar-refractivity contribution in [2.24, 2.45) is 5.10 Å². The van der Waals surface area contributed by atoms with Crippen molar-refractivity contribution in [2.75, 3.05) is 0 Å². The van der Waals surface area contributed by atoms with Crippen LogP contribution in [0.1, 0.15) is 30.5 Å². The molecule has 1 heterocycles. The lowest BCUT2D eigenvalue weighted by Crippen LogP contribution is -2.24. The average molecular weight is 359 g/mol. The van der Waals surface area contributed by atoms with E-state index in [1.54, 1.807) is 12.1 Å². The smallest absolute Gasteiger partial charge is 0.240 e. The highest BCUT2D eigenvalue weighted by molar-refractivity contribution is 9.10. The van der Waals surface area contributed by atoms with E-state index in [9.17, 15) is 9.90 Å². The second kappa shape index (κ2) is 5.93. The number of benzene rings is 2. The zero-order valence-electron chi connectivity index (χ0n) is 12.0. The molecule has 0 unspecified atom stereocenters. The van der Waals surface area contributed by atoms with Crippen molar-refractivity contribution in [3.8, 4) is 5.75 Å². The zero-order chi connectivity index (χ0) is 15.7. The number of phenolic OH excluding ortho intramolecular Hbond substituents is 1. The number of hydrogen-bond acceptors (Lipinski definition) is 3. The van der Waals surface area contributed by atoms with Gasteiger partial charge in [0, 0.05) is 23.4 Å². The molecule has 1 atom stereocenters. The molecule has 3 rings (SSSR count). The summed E-state index contributed by atoms with van der Waals surface area (Å²) in [7, 11) is 0. The van der Waals surface area contributed by atoms with Gasteiger partial charge >= 0.3 is 0 Å². The van der Waals surface area contributed by atoms with E-state index in [0.29, 0.717) is 12.0 Å². The predicted octanol–water partition coefficient (Wildman–Crippen LogP) is 3.85. The molecule has 2 aromatic rings. The van der Waals surface area contributed by atoms with Crippen molar-refractivity contribution in [1.82, 2.24) is 5.01 Å². The van der Waals surface area contributed by atoms with E-state index < -0.39 is 0 Å². The van der Waals surface area contributed by atoms with Crippen molar-refractivity contribution in [2.45, 2.75) is 19.4 Å². The van der Waals surface area contributed by atoms with Crippen molar-refractivity contribution in [3.63, 3.8) is 0 Å². The minimum absolute atomic E-state index is 0.139. The highest BCUT2D eigenvalue weighted by Crippen LogP contribution is 2.36. The van der Waals surface area contributed by atoms with Gasteiger partial charge in [0.2, 0.25) is 5.91 Å². The van der Waals surface area contributed by atoms with Crippen LogP contribution in [0.25, 0.3) is 0 Å². The molecule has 2 aromatic carbocycles. The summed E-state index contributed by atoms with van der Waals surface area (Å²) in [5.74, 6) is 0.0476. The average Bonchev–Trinajstić information content (AvgIpc) is 2.93. The van der Waals surface area contributed by atoms with Crippen LogP contribution in [0.5, 0.6) is 5.75 Å². The van der Waals surface area contributed by atoms with E-state index in [2.05, 4.69) is 21.0 Å². The second-order valence-electron chi connectivity index (χ2n) is 5.20. The van der Waals surface area contributed by atoms with Gasteiger partial charge in [0.05, 0.1) is 11.8 Å². The first-order chi connectivity index (χ1) is 10.6. The maximum Gasteiger partial charge on any atom is 0.240 e. The van der Waals surface area contributed by atoms with Gasteiger partial charge in [0.1, 0.15) is 5.75 Å². The lowest BCUT2D eigenvalue weighted by atomic mass is 9.98. The molecule has 5 heteroatoms. The molecule has 0 spiro atoms. The molecule has 1 aliphatic rings. The summed E-state index contributed by atoms with van der Waals surface area (Å²) in [6.45, 7) is 1.49. The summed E-state index contributed by atoms with van der Waals surface area (Å²) in [5.41, 5.74) is 2.54. The lowest BCUT2D eigenvalue weighted by Gasteiger charge is -2.21. The SMILES string of the molecule is CC(=O)N1N=C(c2ccc(Br)cc2)C[C@H]1c1ccccc1O. The Morgan fingerprint density at radius 3 is 2.55 bits per heavy atom. The molecule has 0 bridgehead atoms. The van der Waals surface area contributed by atoms with E-state index in [1.165, 1.54) is 11.9 Å². The van der Waals surface area contributed by atoms with Gasteiger partial charge in [0.25, 0.3) is 0 Å². The van der Waals surface area contributed by atoms with E-state index in [4.69, 9.17) is 0 Å². The molecule has 0 fully saturated rings. The van der Waals surface area contributed by atoms with Gasteiger partial charge in [-0.2, -0.15) is 5.10 Å². The van der Waals surface area contributed by atoms with Gasteiger partial charge in [-0.1, -0.05) is 46.3 Å². The van der Waals surface area contributed by atoms with Gasteiger partial charge in [0.15, 0.2) is 0 Å². The molecule has 0 aliphatic carbocycles. The molecule has 4 nitrogen and oxygen atoms in total. The Balaban J connectivity index is 1.96. The fourth-order valence-electron chi connectivity index (χ4n) is 2.63. The molecule has 1 aliphatic heterocycles. The minimum atomic E-state index is -0.266. The quantitative estimate of drug-likeness (QED) is 0.886. The molecular formula is C17H15BrN2O2. The van der Waals surface area contributed by atoms with E-state index >= 15 is 0 Å². The van der Waals surface area contributed by atoms with Gasteiger partial charge < -0.3 is 5.11 Å². The van der Waals surface area contributed by atoms with Gasteiger partial charge in [-0.25, -0.2) is 5.01 Å². The lowest BCUT2D eigenvalue weighted by molar-refractivity contribution is -0.130. The molecule has 112 valence electrons. The number of nitrogens with zero attached hydrogens (tertiary/aromatic N) is 2. The van der Waals surface area contributed by atoms with Crippen molar-refractivity contribution in [3.05, 3.63) is 64.1 Å². The third kappa shape index (κ3) is 2.76. The monoisotopic (exact) mass is 358 g/mol. The summed E-state index contributed by atoms with van der Waals surface area (Å²) in [5, 5.41) is 16.0. The van der Waals surface area contributed by atoms with Crippen LogP contribution >= 0.6 is 15.9 Å². The number of carbonyl (C=O) groups is 1. The van der Waals surface area contributed by atoms with Crippen LogP contribution in [0.15, 0.2) is 58.1 Å². The van der Waals surface area contributed by atoms with Crippen LogP contribution in [0.3, 0.4) is 0 Å². The number of aromatic hydroxyl groups is 1. The summed E-state index contributed by atoms with van der Waals surface area (Å²) >= 11 is 3.41. The van der Waals surface area contributed by atoms with Crippen LogP contribution in [0.4, 0.5) is 0 Å². The standard InChI is InChI=1S/C17H15BrN2O2/c1-11(21)20-16(14-4-2-3-5-17(14)22)10-15(19-20)12-6-8-13(18)9-7-12/h2-9,16,22H,10H2,1H3/t16-/m0/s1. The number of para-hydroxylation sites is 1. The molecule has 22 heavy (non-hydrogen) atoms. The Hall–Kier alpha value is -2.14. The van der Waals surface area contributed by atoms with Crippen LogP contribution in [0.2, 0.25) is 0 Å². The number of halogens is 1. The maximum absolute atomic E-state index is 11.9. The largest absolute Gasteiger partial charge is 0.508 e. The fraction of sp³-hybridized carbons (Fsp3) is 0.176. The topological polar surface area (TPSA) is 52.9 Å². The van der Waals surface area contributed by atoms with Gasteiger partial charge in [-0.15, -0.1) is 0 Å². The number of amides is 1. The third-order valence-electron chi connectivity index (χ3n) is 3.71. The Morgan fingerprint density at radius 1 is 1.23 bits per heavy atom. The van der Waals surface area contributed by atoms with Crippen molar-refractivity contribution >= 4 is 27.5 Å². The van der Waals surface area contributed by atoms with Gasteiger partial charge in [-0.05, 0) is 23.8 Å². The summed E-state index contributed by atoms with van der Waals surface area (Å²) in [6.07, 6.45) is 0.582. The van der Waals surface area contributed by atoms with E-state index in [-0.39, 0.29) is 17.7 Å². The normalized spacial score (nSPS) is 17.5. The summed E-state index contributed by atoms with van der Waals surface area (Å²) in [6, 6.07) is 14.6. The third-order valence-corrected chi connectivity index (χ3v) is 4.23. The molecular weight excluding hydrogens is 344 g/mol. The highest BCUT2D eigenvalue weighted by atomic mass is 79.9. The Bertz CT molecular complexity index is 741. The fourth-order valence-corrected chi connectivity index (χ4v) is 2.89. The Morgan fingerprint density at radius 2 is 1.91 bits per heavy atom. The zero-order valence-corrected chi connectivity index (χ0v) is 13.6. The van der Waals surface area contributed by atoms with Crippen LogP contribution < -0.4 is 0 Å². The number of phenols is 1. The first kappa shape index (κ1) is 14.8. The summed E-state index contributed by atoms with van der Waals surface area (Å²) in [4.78, 5) is 11.9. The first-order valence-electron chi connectivity index (χ1n) is 6.97. The number of hydrazone groups is 1. The number of hydrogen-bond donors (Lipinski definition) is 1. The van der Waals surface area contributed by atoms with E-state index in [0.717, 1.165) is 15.7 Å². The second-order valence-corrected chi connectivity index (χ2v) is 6.11. The van der Waals surface area contributed by atoms with Crippen LogP contribution in [-0.2, 0) is 4.79 Å². The first-order valence-corrected chi connectivity index (χ1v) is 7.76. The molecule has 1 N–H and O–H groups in total. The molecule has 0 radical (unpaired) electrons. The highest BCUT2D eigenvalue weighted by Gasteiger charge is 2.32. The van der Waals surface area contributed by atoms with Crippen LogP contribution in [-0.4, -0.2) is 21.7 Å². The van der Waals surface area contributed by atoms with Gasteiger partial charge in [-0.3, -0.25) is 4.79 Å². The Kier molecular flexibility index (Phi) is 3.98. The Labute approximate surface area is 137 Å². The molecule has 0 saturated heterocycles. The minimum Gasteiger partial charge on any atom is -0.508 e. The number of carbonyl (C=O) groups excluding carboxylic acids is 1. The summed E-state index contributed by atoms with van der Waals surface area (Å²) < 4.78 is 0.996. The molecule has 0 aromatic heterocycles.